The van der Waals surface area contributed by atoms with Gasteiger partial charge in [-0.25, -0.2) is 0 Å². The number of hydrogen-bond donors (Lipinski definition) is 0. The van der Waals surface area contributed by atoms with Crippen molar-refractivity contribution in [3.05, 3.63) is 0 Å². The van der Waals surface area contributed by atoms with Crippen LogP contribution in [-0.2, 0) is 9.53 Å². The summed E-state index contributed by atoms with van der Waals surface area (Å²) in [5.41, 5.74) is 0. The summed E-state index contributed by atoms with van der Waals surface area (Å²) in [6.45, 7) is 4.76. The molecule has 0 rings (SSSR count). The van der Waals surface area contributed by atoms with Crippen LogP contribution >= 0.6 is 0 Å². The molecule has 0 N–H and O–H groups in total. The Hall–Kier alpha value is 0.269. The van der Waals surface area contributed by atoms with E-state index in [0.717, 1.165) is 12.8 Å². The molecule has 0 aliphatic rings. The van der Waals surface area contributed by atoms with E-state index in [1.165, 1.54) is 19.3 Å². The minimum atomic E-state index is -1.18. The van der Waals surface area contributed by atoms with Crippen LogP contribution < -0.4 is 0 Å². The zero-order valence-corrected chi connectivity index (χ0v) is 15.6. The summed E-state index contributed by atoms with van der Waals surface area (Å²) in [6, 6.07) is 0. The summed E-state index contributed by atoms with van der Waals surface area (Å²) in [7, 11) is 0. The zero-order valence-electron chi connectivity index (χ0n) is 12.8. The normalized spacial score (nSPS) is 10.5. The Morgan fingerprint density at radius 1 is 0.941 bits per heavy atom. The Morgan fingerprint density at radius 2 is 1.47 bits per heavy atom. The van der Waals surface area contributed by atoms with Crippen LogP contribution in [0, 0.1) is 0 Å². The molecule has 0 spiro atoms. The van der Waals surface area contributed by atoms with Crippen molar-refractivity contribution in [2.75, 3.05) is 6.61 Å². The van der Waals surface area contributed by atoms with Gasteiger partial charge in [0.1, 0.15) is 0 Å². The first-order valence-corrected chi connectivity index (χ1v) is 18.4. The molecule has 0 radical (unpaired) electrons. The fraction of sp³-hybridized carbons (Fsp3) is 0.929. The van der Waals surface area contributed by atoms with Crippen LogP contribution in [0.4, 0.5) is 0 Å². The van der Waals surface area contributed by atoms with Crippen molar-refractivity contribution in [1.29, 1.82) is 0 Å². The van der Waals surface area contributed by atoms with Gasteiger partial charge in [0.2, 0.25) is 0 Å². The summed E-state index contributed by atoms with van der Waals surface area (Å²) in [5, 5.41) is 0. The van der Waals surface area contributed by atoms with Gasteiger partial charge < -0.3 is 4.74 Å². The second kappa shape index (κ2) is 12.7. The molecule has 0 aliphatic heterocycles. The van der Waals surface area contributed by atoms with Gasteiger partial charge in [-0.2, -0.15) is 0 Å². The standard InChI is InChI=1S/C10H20O2.4CH3.Sn/c1-3-5-6-7-9-12-10(11)8-4-2;;;;;/h3-9H2,1-2H3;4*1H3;. The van der Waals surface area contributed by atoms with Crippen LogP contribution in [0.5, 0.6) is 0 Å². The second-order valence-corrected chi connectivity index (χ2v) is 23.2. The first-order valence-electron chi connectivity index (χ1n) is 6.96. The molecule has 0 saturated carbocycles. The quantitative estimate of drug-likeness (QED) is 0.372. The Labute approximate surface area is 112 Å². The minimum absolute atomic E-state index is 0.0472. The van der Waals surface area contributed by atoms with Crippen LogP contribution in [0.1, 0.15) is 52.4 Å². The summed E-state index contributed by atoms with van der Waals surface area (Å²) in [5.74, 6) is -0.0472. The van der Waals surface area contributed by atoms with Gasteiger partial charge in [-0.3, -0.25) is 4.79 Å². The number of unbranched alkanes of at least 4 members (excludes halogenated alkanes) is 3. The van der Waals surface area contributed by atoms with Crippen molar-refractivity contribution >= 4 is 24.3 Å². The van der Waals surface area contributed by atoms with Gasteiger partial charge >= 0.3 is 44.1 Å². The molecule has 3 heteroatoms. The molecule has 17 heavy (non-hydrogen) atoms. The van der Waals surface area contributed by atoms with E-state index in [1.807, 2.05) is 6.92 Å². The molecule has 0 atom stereocenters. The van der Waals surface area contributed by atoms with Gasteiger partial charge in [0.05, 0.1) is 6.61 Å². The summed E-state index contributed by atoms with van der Waals surface area (Å²) in [6.07, 6.45) is 6.11. The Balaban J connectivity index is 0. The van der Waals surface area contributed by atoms with Crippen molar-refractivity contribution in [2.24, 2.45) is 0 Å². The second-order valence-electron chi connectivity index (χ2n) is 6.03. The number of ether oxygens (including phenoxy) is 1. The number of hydrogen-bond acceptors (Lipinski definition) is 2. The van der Waals surface area contributed by atoms with Crippen LogP contribution in [0.15, 0.2) is 0 Å². The maximum atomic E-state index is 10.9. The van der Waals surface area contributed by atoms with Gasteiger partial charge in [-0.1, -0.05) is 33.1 Å². The molecule has 0 bridgehead atoms. The van der Waals surface area contributed by atoms with E-state index in [1.54, 1.807) is 0 Å². The van der Waals surface area contributed by atoms with E-state index in [4.69, 9.17) is 4.74 Å². The van der Waals surface area contributed by atoms with Crippen molar-refractivity contribution in [3.8, 4) is 0 Å². The molecule has 0 aromatic heterocycles. The molecule has 0 unspecified atom stereocenters. The number of rotatable bonds is 7. The van der Waals surface area contributed by atoms with Gasteiger partial charge in [-0.15, -0.1) is 0 Å². The first-order chi connectivity index (χ1) is 7.81. The van der Waals surface area contributed by atoms with Gasteiger partial charge in [-0.05, 0) is 12.8 Å². The Bertz CT molecular complexity index is 168. The van der Waals surface area contributed by atoms with Crippen LogP contribution in [0.25, 0.3) is 0 Å². The molecule has 0 heterocycles. The molecule has 0 saturated heterocycles. The predicted octanol–water partition coefficient (Wildman–Crippen LogP) is 4.86. The van der Waals surface area contributed by atoms with Crippen molar-refractivity contribution in [2.45, 2.75) is 72.1 Å². The van der Waals surface area contributed by atoms with Gasteiger partial charge in [0.15, 0.2) is 0 Å². The topological polar surface area (TPSA) is 26.3 Å². The average Bonchev–Trinajstić information content (AvgIpc) is 2.15. The van der Waals surface area contributed by atoms with E-state index < -0.39 is 18.4 Å². The van der Waals surface area contributed by atoms with E-state index in [0.29, 0.717) is 13.0 Å². The van der Waals surface area contributed by atoms with Gasteiger partial charge in [0, 0.05) is 6.42 Å². The molecule has 0 aliphatic carbocycles. The van der Waals surface area contributed by atoms with Crippen molar-refractivity contribution in [3.63, 3.8) is 0 Å². The molecule has 0 fully saturated rings. The van der Waals surface area contributed by atoms with E-state index in [9.17, 15) is 4.79 Å². The molecule has 104 valence electrons. The molecule has 0 aromatic carbocycles. The summed E-state index contributed by atoms with van der Waals surface area (Å²) >= 11 is -1.18. The molecular weight excluding hydrogens is 319 g/mol. The molecular formula is C14H32O2Sn. The first kappa shape index (κ1) is 19.6. The Kier molecular flexibility index (Phi) is 14.7. The van der Waals surface area contributed by atoms with E-state index >= 15 is 0 Å². The molecule has 0 amide bonds. The number of carbonyl (C=O) groups excluding carboxylic acids is 1. The Morgan fingerprint density at radius 3 is 1.88 bits per heavy atom. The molecule has 2 nitrogen and oxygen atoms in total. The molecule has 0 aromatic rings. The fourth-order valence-corrected chi connectivity index (χ4v) is 0.991. The number of carbonyl (C=O) groups is 1. The maximum absolute atomic E-state index is 10.9. The monoisotopic (exact) mass is 352 g/mol. The average molecular weight is 351 g/mol. The predicted molar refractivity (Wildman–Crippen MR) is 79.2 cm³/mol. The van der Waals surface area contributed by atoms with Crippen LogP contribution in [0.3, 0.4) is 0 Å². The fourth-order valence-electron chi connectivity index (χ4n) is 0.991. The van der Waals surface area contributed by atoms with Crippen LogP contribution in [0.2, 0.25) is 19.8 Å². The zero-order chi connectivity index (χ0) is 13.7. The van der Waals surface area contributed by atoms with Crippen molar-refractivity contribution < 1.29 is 9.53 Å². The summed E-state index contributed by atoms with van der Waals surface area (Å²) < 4.78 is 4.99. The van der Waals surface area contributed by atoms with E-state index in [-0.39, 0.29) is 5.97 Å². The van der Waals surface area contributed by atoms with Crippen molar-refractivity contribution in [1.82, 2.24) is 0 Å². The third kappa shape index (κ3) is 31.4. The summed E-state index contributed by atoms with van der Waals surface area (Å²) in [4.78, 5) is 20.4. The third-order valence-electron chi connectivity index (χ3n) is 1.72. The SMILES string of the molecule is CCCCCCOC(=O)CCC.[CH3][Sn]([CH3])([CH3])[CH3]. The van der Waals surface area contributed by atoms with E-state index in [2.05, 4.69) is 26.7 Å². The number of esters is 1. The third-order valence-corrected chi connectivity index (χ3v) is 1.72. The van der Waals surface area contributed by atoms with Gasteiger partial charge in [0.25, 0.3) is 0 Å². The van der Waals surface area contributed by atoms with Crippen LogP contribution in [-0.4, -0.2) is 31.0 Å².